The van der Waals surface area contributed by atoms with Crippen LogP contribution in [0.4, 0.5) is 29.3 Å². The molecule has 138 valence electrons. The molecule has 0 atom stereocenters. The van der Waals surface area contributed by atoms with Gasteiger partial charge in [-0.25, -0.2) is 18.0 Å². The summed E-state index contributed by atoms with van der Waals surface area (Å²) >= 11 is 0. The second-order valence-electron chi connectivity index (χ2n) is 5.35. The molecule has 10 heteroatoms. The van der Waals surface area contributed by atoms with Gasteiger partial charge in [0.25, 0.3) is 11.0 Å². The summed E-state index contributed by atoms with van der Waals surface area (Å²) in [4.78, 5) is 38.3. The van der Waals surface area contributed by atoms with Gasteiger partial charge in [-0.3, -0.25) is 9.59 Å². The van der Waals surface area contributed by atoms with Crippen molar-refractivity contribution in [2.45, 2.75) is 0 Å². The van der Waals surface area contributed by atoms with Gasteiger partial charge in [-0.15, -0.1) is 0 Å². The van der Waals surface area contributed by atoms with Crippen LogP contribution < -0.4 is 21.6 Å². The molecule has 2 aromatic carbocycles. The minimum absolute atomic E-state index is 0.0611. The number of para-hydroxylation sites is 1. The third-order valence-electron chi connectivity index (χ3n) is 3.62. The van der Waals surface area contributed by atoms with Crippen LogP contribution in [0.5, 0.6) is 5.75 Å². The first kappa shape index (κ1) is 18.0. The van der Waals surface area contributed by atoms with E-state index in [4.69, 9.17) is 0 Å². The Morgan fingerprint density at radius 3 is 2.41 bits per heavy atom. The van der Waals surface area contributed by atoms with Crippen molar-refractivity contribution in [3.63, 3.8) is 0 Å². The second-order valence-corrected chi connectivity index (χ2v) is 5.35. The number of aromatic hydroxyl groups is 1. The maximum Gasteiger partial charge on any atom is 0.323 e. The fraction of sp³-hybridized carbons (Fsp3) is 0. The Labute approximate surface area is 148 Å². The molecule has 0 saturated carbocycles. The molecule has 4 N–H and O–H groups in total. The molecular formula is C17H10F3N3O4. The number of nitrogens with one attached hydrogen (secondary N) is 3. The zero-order valence-electron chi connectivity index (χ0n) is 13.3. The molecule has 0 fully saturated rings. The van der Waals surface area contributed by atoms with Crippen molar-refractivity contribution in [3.05, 3.63) is 74.4 Å². The van der Waals surface area contributed by atoms with E-state index in [-0.39, 0.29) is 10.9 Å². The van der Waals surface area contributed by atoms with Gasteiger partial charge in [0, 0.05) is 5.39 Å². The van der Waals surface area contributed by atoms with Crippen LogP contribution >= 0.6 is 0 Å². The molecule has 0 unspecified atom stereocenters. The van der Waals surface area contributed by atoms with Crippen molar-refractivity contribution in [1.82, 2.24) is 4.98 Å². The van der Waals surface area contributed by atoms with Crippen molar-refractivity contribution >= 4 is 28.3 Å². The topological polar surface area (TPSA) is 111 Å². The number of amides is 2. The summed E-state index contributed by atoms with van der Waals surface area (Å²) in [7, 11) is 0. The maximum atomic E-state index is 13.6. The summed E-state index contributed by atoms with van der Waals surface area (Å²) in [6, 6.07) is 5.97. The van der Waals surface area contributed by atoms with Crippen molar-refractivity contribution in [1.29, 1.82) is 0 Å². The number of aromatic nitrogens is 1. The number of H-pyrrole nitrogens is 1. The SMILES string of the molecule is O=C(Nc1ccc(F)c(F)c1F)Nc1c(O)c2ccccc2[nH]c(=O)c1=O. The van der Waals surface area contributed by atoms with Gasteiger partial charge in [0.1, 0.15) is 5.69 Å². The highest BCUT2D eigenvalue weighted by atomic mass is 19.2. The average Bonchev–Trinajstić information content (AvgIpc) is 2.73. The summed E-state index contributed by atoms with van der Waals surface area (Å²) in [5.74, 6) is -5.60. The molecule has 0 radical (unpaired) electrons. The molecule has 1 heterocycles. The average molecular weight is 377 g/mol. The molecule has 0 aliphatic heterocycles. The Balaban J connectivity index is 2.02. The molecule has 2 amide bonds. The summed E-state index contributed by atoms with van der Waals surface area (Å²) in [6.45, 7) is 0. The molecule has 27 heavy (non-hydrogen) atoms. The summed E-state index contributed by atoms with van der Waals surface area (Å²) < 4.78 is 39.8. The number of hydrogen-bond acceptors (Lipinski definition) is 4. The number of carbonyl (C=O) groups is 1. The highest BCUT2D eigenvalue weighted by molar-refractivity contribution is 6.02. The zero-order chi connectivity index (χ0) is 19.7. The van der Waals surface area contributed by atoms with Gasteiger partial charge in [-0.1, -0.05) is 12.1 Å². The summed E-state index contributed by atoms with van der Waals surface area (Å²) in [6.07, 6.45) is 0. The maximum absolute atomic E-state index is 13.6. The highest BCUT2D eigenvalue weighted by Crippen LogP contribution is 2.27. The largest absolute Gasteiger partial charge is 0.505 e. The number of halogens is 3. The van der Waals surface area contributed by atoms with Crippen molar-refractivity contribution in [2.24, 2.45) is 0 Å². The Morgan fingerprint density at radius 2 is 1.67 bits per heavy atom. The number of anilines is 2. The molecule has 0 bridgehead atoms. The Hall–Kier alpha value is -3.82. The van der Waals surface area contributed by atoms with E-state index in [1.807, 2.05) is 10.6 Å². The van der Waals surface area contributed by atoms with Gasteiger partial charge in [-0.2, -0.15) is 0 Å². The summed E-state index contributed by atoms with van der Waals surface area (Å²) in [5.41, 5.74) is -3.72. The lowest BCUT2D eigenvalue weighted by Crippen LogP contribution is -2.30. The first-order valence-corrected chi connectivity index (χ1v) is 7.39. The fourth-order valence-corrected chi connectivity index (χ4v) is 2.34. The third kappa shape index (κ3) is 3.32. The van der Waals surface area contributed by atoms with Crippen LogP contribution in [0, 0.1) is 17.5 Å². The smallest absolute Gasteiger partial charge is 0.323 e. The third-order valence-corrected chi connectivity index (χ3v) is 3.62. The van der Waals surface area contributed by atoms with Crippen molar-refractivity contribution in [2.75, 3.05) is 10.6 Å². The number of benzene rings is 2. The molecule has 0 aliphatic carbocycles. The quantitative estimate of drug-likeness (QED) is 0.406. The van der Waals surface area contributed by atoms with E-state index in [2.05, 4.69) is 4.98 Å². The van der Waals surface area contributed by atoms with Crippen LogP contribution in [0.2, 0.25) is 0 Å². The lowest BCUT2D eigenvalue weighted by Gasteiger charge is -2.09. The van der Waals surface area contributed by atoms with Crippen molar-refractivity contribution in [3.8, 4) is 5.75 Å². The predicted octanol–water partition coefficient (Wildman–Crippen LogP) is 2.66. The van der Waals surface area contributed by atoms with E-state index in [1.54, 1.807) is 6.07 Å². The normalized spacial score (nSPS) is 10.6. The number of rotatable bonds is 2. The monoisotopic (exact) mass is 377 g/mol. The van der Waals surface area contributed by atoms with E-state index in [9.17, 15) is 32.7 Å². The van der Waals surface area contributed by atoms with Gasteiger partial charge in [0.2, 0.25) is 0 Å². The number of carbonyl (C=O) groups excluding carboxylic acids is 1. The van der Waals surface area contributed by atoms with Crippen molar-refractivity contribution < 1.29 is 23.1 Å². The molecule has 7 nitrogen and oxygen atoms in total. The Kier molecular flexibility index (Phi) is 4.55. The highest BCUT2D eigenvalue weighted by Gasteiger charge is 2.18. The van der Waals surface area contributed by atoms with E-state index in [0.29, 0.717) is 6.07 Å². The molecule has 0 aliphatic rings. The van der Waals surface area contributed by atoms with Gasteiger partial charge >= 0.3 is 6.03 Å². The molecule has 0 saturated heterocycles. The first-order valence-electron chi connectivity index (χ1n) is 7.39. The number of aromatic amines is 1. The van der Waals surface area contributed by atoms with Crippen LogP contribution in [0.25, 0.3) is 10.9 Å². The molecule has 0 spiro atoms. The van der Waals surface area contributed by atoms with E-state index in [1.165, 1.54) is 18.2 Å². The number of hydrogen-bond donors (Lipinski definition) is 4. The van der Waals surface area contributed by atoms with Gasteiger partial charge in [0.05, 0.1) is 11.2 Å². The minimum atomic E-state index is -1.80. The number of urea groups is 1. The van der Waals surface area contributed by atoms with E-state index >= 15 is 0 Å². The summed E-state index contributed by atoms with van der Waals surface area (Å²) in [5, 5.41) is 14.1. The zero-order valence-corrected chi connectivity index (χ0v) is 13.3. The van der Waals surface area contributed by atoms with Crippen LogP contribution in [0.1, 0.15) is 0 Å². The van der Waals surface area contributed by atoms with Gasteiger partial charge in [0.15, 0.2) is 23.2 Å². The first-order chi connectivity index (χ1) is 12.8. The molecule has 3 aromatic rings. The second kappa shape index (κ2) is 6.83. The van der Waals surface area contributed by atoms with Gasteiger partial charge in [-0.05, 0) is 24.3 Å². The van der Waals surface area contributed by atoms with Crippen LogP contribution in [0.3, 0.4) is 0 Å². The lowest BCUT2D eigenvalue weighted by atomic mass is 10.2. The molecule has 3 rings (SSSR count). The molecule has 1 aromatic heterocycles. The predicted molar refractivity (Wildman–Crippen MR) is 91.5 cm³/mol. The minimum Gasteiger partial charge on any atom is -0.505 e. The van der Waals surface area contributed by atoms with Crippen LogP contribution in [-0.2, 0) is 0 Å². The van der Waals surface area contributed by atoms with E-state index < -0.39 is 51.6 Å². The van der Waals surface area contributed by atoms with Crippen LogP contribution in [0.15, 0.2) is 46.0 Å². The Morgan fingerprint density at radius 1 is 0.963 bits per heavy atom. The number of fused-ring (bicyclic) bond motifs is 1. The van der Waals surface area contributed by atoms with Gasteiger partial charge < -0.3 is 20.7 Å². The fourth-order valence-electron chi connectivity index (χ4n) is 2.34. The Bertz CT molecular complexity index is 1190. The standard InChI is InChI=1S/C17H10F3N3O4/c18-8-5-6-10(12(20)11(8)19)22-17(27)23-13-14(24)7-3-1-2-4-9(7)21-16(26)15(13)25/h1-6H,(H4,21,22,23,24,25,26,27). The van der Waals surface area contributed by atoms with E-state index in [0.717, 1.165) is 6.07 Å². The lowest BCUT2D eigenvalue weighted by molar-refractivity contribution is 0.262. The molecular weight excluding hydrogens is 367 g/mol. The van der Waals surface area contributed by atoms with Crippen LogP contribution in [-0.4, -0.2) is 16.1 Å².